The third-order valence-corrected chi connectivity index (χ3v) is 1.86. The van der Waals surface area contributed by atoms with Crippen molar-refractivity contribution in [2.75, 3.05) is 25.0 Å². The van der Waals surface area contributed by atoms with E-state index in [1.807, 2.05) is 0 Å². The van der Waals surface area contributed by atoms with Crippen LogP contribution in [0.4, 0.5) is 11.6 Å². The van der Waals surface area contributed by atoms with E-state index in [9.17, 15) is 10.1 Å². The van der Waals surface area contributed by atoms with Gasteiger partial charge >= 0.3 is 5.69 Å². The van der Waals surface area contributed by atoms with Crippen LogP contribution in [0.3, 0.4) is 0 Å². The van der Waals surface area contributed by atoms with Gasteiger partial charge in [0.15, 0.2) is 0 Å². The molecule has 0 saturated carbocycles. The SMILES string of the molecule is CCCNCCNc1ncc([N+](=O)[O-])cn1. The number of rotatable bonds is 7. The third kappa shape index (κ3) is 4.18. The maximum absolute atomic E-state index is 10.3. The van der Waals surface area contributed by atoms with Crippen LogP contribution in [0.5, 0.6) is 0 Å². The second-order valence-electron chi connectivity index (χ2n) is 3.20. The Hall–Kier alpha value is -1.76. The lowest BCUT2D eigenvalue weighted by Crippen LogP contribution is -2.23. The van der Waals surface area contributed by atoms with E-state index in [1.54, 1.807) is 0 Å². The van der Waals surface area contributed by atoms with Crippen LogP contribution in [0.25, 0.3) is 0 Å². The maximum atomic E-state index is 10.3. The standard InChI is InChI=1S/C9H15N5O2/c1-2-3-10-4-5-11-9-12-6-8(7-13-9)14(15)16/h6-7,10H,2-5H2,1H3,(H,11,12,13). The zero-order valence-corrected chi connectivity index (χ0v) is 9.14. The minimum Gasteiger partial charge on any atom is -0.353 e. The molecule has 1 aromatic heterocycles. The molecule has 1 aromatic rings. The van der Waals surface area contributed by atoms with Crippen LogP contribution in [0.2, 0.25) is 0 Å². The number of nitrogens with zero attached hydrogens (tertiary/aromatic N) is 3. The third-order valence-electron chi connectivity index (χ3n) is 1.86. The van der Waals surface area contributed by atoms with Crippen molar-refractivity contribution < 1.29 is 4.92 Å². The zero-order valence-electron chi connectivity index (χ0n) is 9.14. The van der Waals surface area contributed by atoms with Crippen molar-refractivity contribution in [1.29, 1.82) is 0 Å². The first-order valence-electron chi connectivity index (χ1n) is 5.15. The van der Waals surface area contributed by atoms with Crippen LogP contribution >= 0.6 is 0 Å². The minimum atomic E-state index is -0.521. The van der Waals surface area contributed by atoms with Crippen LogP contribution in [-0.2, 0) is 0 Å². The smallest absolute Gasteiger partial charge is 0.305 e. The molecular formula is C9H15N5O2. The van der Waals surface area contributed by atoms with Gasteiger partial charge in [-0.3, -0.25) is 10.1 Å². The first-order chi connectivity index (χ1) is 7.74. The molecular weight excluding hydrogens is 210 g/mol. The van der Waals surface area contributed by atoms with Crippen molar-refractivity contribution in [3.63, 3.8) is 0 Å². The number of aromatic nitrogens is 2. The van der Waals surface area contributed by atoms with Gasteiger partial charge in [-0.15, -0.1) is 0 Å². The Bertz CT molecular complexity index is 327. The fraction of sp³-hybridized carbons (Fsp3) is 0.556. The fourth-order valence-electron chi connectivity index (χ4n) is 1.07. The van der Waals surface area contributed by atoms with Crippen molar-refractivity contribution >= 4 is 11.6 Å². The molecule has 7 heteroatoms. The van der Waals surface area contributed by atoms with Gasteiger partial charge in [0, 0.05) is 13.1 Å². The number of anilines is 1. The van der Waals surface area contributed by atoms with Gasteiger partial charge in [-0.1, -0.05) is 6.92 Å². The molecule has 16 heavy (non-hydrogen) atoms. The maximum Gasteiger partial charge on any atom is 0.305 e. The summed E-state index contributed by atoms with van der Waals surface area (Å²) in [7, 11) is 0. The predicted octanol–water partition coefficient (Wildman–Crippen LogP) is 0.796. The molecule has 1 heterocycles. The van der Waals surface area contributed by atoms with Crippen LogP contribution in [0.1, 0.15) is 13.3 Å². The highest BCUT2D eigenvalue weighted by molar-refractivity contribution is 5.30. The van der Waals surface area contributed by atoms with E-state index in [1.165, 1.54) is 12.4 Å². The van der Waals surface area contributed by atoms with Crippen molar-refractivity contribution in [3.05, 3.63) is 22.5 Å². The van der Waals surface area contributed by atoms with Crippen molar-refractivity contribution in [1.82, 2.24) is 15.3 Å². The van der Waals surface area contributed by atoms with Crippen molar-refractivity contribution in [3.8, 4) is 0 Å². The summed E-state index contributed by atoms with van der Waals surface area (Å²) in [5.41, 5.74) is -0.102. The van der Waals surface area contributed by atoms with E-state index in [2.05, 4.69) is 27.5 Å². The molecule has 0 aliphatic heterocycles. The highest BCUT2D eigenvalue weighted by Crippen LogP contribution is 2.07. The monoisotopic (exact) mass is 225 g/mol. The van der Waals surface area contributed by atoms with E-state index in [4.69, 9.17) is 0 Å². The Morgan fingerprint density at radius 3 is 2.56 bits per heavy atom. The summed E-state index contributed by atoms with van der Waals surface area (Å²) in [6.45, 7) is 4.58. The van der Waals surface area contributed by atoms with Gasteiger partial charge < -0.3 is 10.6 Å². The number of nitro groups is 1. The molecule has 0 atom stereocenters. The summed E-state index contributed by atoms with van der Waals surface area (Å²) < 4.78 is 0. The summed E-state index contributed by atoms with van der Waals surface area (Å²) in [5, 5.41) is 16.5. The lowest BCUT2D eigenvalue weighted by Gasteiger charge is -2.04. The second kappa shape index (κ2) is 6.67. The Morgan fingerprint density at radius 2 is 2.00 bits per heavy atom. The van der Waals surface area contributed by atoms with Crippen LogP contribution in [0, 0.1) is 10.1 Å². The van der Waals surface area contributed by atoms with Gasteiger partial charge in [0.05, 0.1) is 4.92 Å². The highest BCUT2D eigenvalue weighted by atomic mass is 16.6. The van der Waals surface area contributed by atoms with E-state index in [0.29, 0.717) is 12.5 Å². The summed E-state index contributed by atoms with van der Waals surface area (Å²) in [6, 6.07) is 0. The van der Waals surface area contributed by atoms with Crippen LogP contribution in [0.15, 0.2) is 12.4 Å². The average molecular weight is 225 g/mol. The molecule has 0 saturated heterocycles. The fourth-order valence-corrected chi connectivity index (χ4v) is 1.07. The number of nitrogens with one attached hydrogen (secondary N) is 2. The summed E-state index contributed by atoms with van der Waals surface area (Å²) >= 11 is 0. The molecule has 0 radical (unpaired) electrons. The van der Waals surface area contributed by atoms with E-state index < -0.39 is 4.92 Å². The largest absolute Gasteiger partial charge is 0.353 e. The van der Waals surface area contributed by atoms with E-state index >= 15 is 0 Å². The quantitative estimate of drug-likeness (QED) is 0.405. The van der Waals surface area contributed by atoms with Crippen LogP contribution in [-0.4, -0.2) is 34.5 Å². The van der Waals surface area contributed by atoms with Gasteiger partial charge in [-0.2, -0.15) is 0 Å². The average Bonchev–Trinajstić information content (AvgIpc) is 2.29. The first kappa shape index (κ1) is 12.3. The Kier molecular flexibility index (Phi) is 5.13. The molecule has 0 aliphatic rings. The molecule has 7 nitrogen and oxygen atoms in total. The predicted molar refractivity (Wildman–Crippen MR) is 60.3 cm³/mol. The highest BCUT2D eigenvalue weighted by Gasteiger charge is 2.05. The Morgan fingerprint density at radius 1 is 1.31 bits per heavy atom. The van der Waals surface area contributed by atoms with Crippen molar-refractivity contribution in [2.24, 2.45) is 0 Å². The summed E-state index contributed by atoms with van der Waals surface area (Å²) in [5.74, 6) is 0.406. The normalized spacial score (nSPS) is 10.1. The number of hydrogen-bond acceptors (Lipinski definition) is 6. The molecule has 0 fully saturated rings. The Balaban J connectivity index is 2.29. The summed E-state index contributed by atoms with van der Waals surface area (Å²) in [6.07, 6.45) is 3.47. The molecule has 0 aromatic carbocycles. The molecule has 0 spiro atoms. The van der Waals surface area contributed by atoms with E-state index in [-0.39, 0.29) is 5.69 Å². The molecule has 0 unspecified atom stereocenters. The topological polar surface area (TPSA) is 93.0 Å². The lowest BCUT2D eigenvalue weighted by atomic mass is 10.5. The minimum absolute atomic E-state index is 0.102. The lowest BCUT2D eigenvalue weighted by molar-refractivity contribution is -0.385. The molecule has 1 rings (SSSR count). The van der Waals surface area contributed by atoms with Gasteiger partial charge in [0.1, 0.15) is 12.4 Å². The zero-order chi connectivity index (χ0) is 11.8. The second-order valence-corrected chi connectivity index (χ2v) is 3.20. The molecule has 0 amide bonds. The van der Waals surface area contributed by atoms with E-state index in [0.717, 1.165) is 19.5 Å². The molecule has 0 aliphatic carbocycles. The molecule has 88 valence electrons. The van der Waals surface area contributed by atoms with Crippen LogP contribution < -0.4 is 10.6 Å². The Labute approximate surface area is 93.4 Å². The van der Waals surface area contributed by atoms with Gasteiger partial charge in [0.2, 0.25) is 5.95 Å². The van der Waals surface area contributed by atoms with Crippen molar-refractivity contribution in [2.45, 2.75) is 13.3 Å². The molecule has 0 bridgehead atoms. The summed E-state index contributed by atoms with van der Waals surface area (Å²) in [4.78, 5) is 17.5. The molecule has 2 N–H and O–H groups in total. The first-order valence-corrected chi connectivity index (χ1v) is 5.15. The number of hydrogen-bond donors (Lipinski definition) is 2. The van der Waals surface area contributed by atoms with Gasteiger partial charge in [-0.05, 0) is 13.0 Å². The van der Waals surface area contributed by atoms with Gasteiger partial charge in [-0.25, -0.2) is 9.97 Å². The van der Waals surface area contributed by atoms with Gasteiger partial charge in [0.25, 0.3) is 0 Å².